The fourth-order valence-electron chi connectivity index (χ4n) is 1.02. The number of ether oxygens (including phenoxy) is 3. The fraction of sp³-hybridized carbons (Fsp3) is 0.300. The number of hydrogen-bond donors (Lipinski definition) is 0. The minimum Gasteiger partial charge on any atom is -0.493 e. The third kappa shape index (κ3) is 4.08. The number of methoxy groups -OCH3 is 3. The topological polar surface area (TPSA) is 44.8 Å². The fourth-order valence-corrected chi connectivity index (χ4v) is 1.02. The minimum absolute atomic E-state index is 0.222. The van der Waals surface area contributed by atoms with E-state index in [0.29, 0.717) is 17.2 Å². The molecule has 0 heterocycles. The number of benzene rings is 1. The highest BCUT2D eigenvalue weighted by Gasteiger charge is 2.08. The highest BCUT2D eigenvalue weighted by atomic mass is 35.5. The molecule has 0 saturated carbocycles. The van der Waals surface area contributed by atoms with Crippen LogP contribution in [-0.2, 0) is 4.79 Å². The highest BCUT2D eigenvalue weighted by Crippen LogP contribution is 2.35. The molecule has 0 atom stereocenters. The van der Waals surface area contributed by atoms with Gasteiger partial charge in [0, 0.05) is 0 Å². The Morgan fingerprint density at radius 2 is 1.47 bits per heavy atom. The van der Waals surface area contributed by atoms with Crippen LogP contribution in [0.3, 0.4) is 0 Å². The largest absolute Gasteiger partial charge is 0.493 e. The summed E-state index contributed by atoms with van der Waals surface area (Å²) in [6, 6.07) is 5.49. The van der Waals surface area contributed by atoms with Crippen molar-refractivity contribution in [2.24, 2.45) is 0 Å². The van der Waals surface area contributed by atoms with Gasteiger partial charge in [0.25, 0.3) is 0 Å². The lowest BCUT2D eigenvalue weighted by Crippen LogP contribution is -1.93. The molecule has 1 aromatic rings. The first kappa shape index (κ1) is 13.6. The van der Waals surface area contributed by atoms with Gasteiger partial charge in [0.05, 0.1) is 21.3 Å². The zero-order chi connectivity index (χ0) is 11.7. The van der Waals surface area contributed by atoms with Gasteiger partial charge in [-0.3, -0.25) is 4.79 Å². The van der Waals surface area contributed by atoms with Crippen molar-refractivity contribution in [3.63, 3.8) is 0 Å². The first-order valence-electron chi connectivity index (χ1n) is 4.04. The predicted octanol–water partition coefficient (Wildman–Crippen LogP) is 2.13. The molecule has 0 saturated heterocycles. The molecule has 0 aromatic heterocycles. The molecule has 0 unspecified atom stereocenters. The molecule has 5 heteroatoms. The molecule has 0 N–H and O–H groups in total. The van der Waals surface area contributed by atoms with Crippen molar-refractivity contribution in [3.8, 4) is 17.2 Å². The summed E-state index contributed by atoms with van der Waals surface area (Å²) < 4.78 is 15.3. The van der Waals surface area contributed by atoms with E-state index in [4.69, 9.17) is 19.0 Å². The highest BCUT2D eigenvalue weighted by molar-refractivity contribution is 6.54. The van der Waals surface area contributed by atoms with Crippen molar-refractivity contribution < 1.29 is 19.0 Å². The summed E-state index contributed by atoms with van der Waals surface area (Å²) in [6.07, 6.45) is 0. The van der Waals surface area contributed by atoms with Gasteiger partial charge in [-0.1, -0.05) is 6.07 Å². The standard InChI is InChI=1S/C9H12O3.CHClO/c1-10-7-5-4-6-8(11-2)9(7)12-3;2-1-3/h4-6H,1-3H3;1H. The van der Waals surface area contributed by atoms with Crippen LogP contribution in [0.2, 0.25) is 0 Å². The summed E-state index contributed by atoms with van der Waals surface area (Å²) in [6.45, 7) is 0. The third-order valence-corrected chi connectivity index (χ3v) is 1.59. The zero-order valence-corrected chi connectivity index (χ0v) is 9.58. The lowest BCUT2D eigenvalue weighted by atomic mass is 10.3. The number of carbonyl (C=O) groups excluding carboxylic acids is 1. The van der Waals surface area contributed by atoms with Gasteiger partial charge in [-0.05, 0) is 23.7 Å². The van der Waals surface area contributed by atoms with Crippen LogP contribution in [-0.4, -0.2) is 27.1 Å². The molecule has 0 fully saturated rings. The van der Waals surface area contributed by atoms with Crippen LogP contribution in [0.15, 0.2) is 18.2 Å². The Morgan fingerprint density at radius 3 is 1.73 bits per heavy atom. The Kier molecular flexibility index (Phi) is 7.18. The van der Waals surface area contributed by atoms with Crippen LogP contribution < -0.4 is 14.2 Å². The number of carbonyl (C=O) groups is 1. The van der Waals surface area contributed by atoms with Crippen molar-refractivity contribution in [1.82, 2.24) is 0 Å². The number of hydrogen-bond acceptors (Lipinski definition) is 4. The zero-order valence-electron chi connectivity index (χ0n) is 8.82. The smallest absolute Gasteiger partial charge is 0.208 e. The molecule has 1 aromatic carbocycles. The molecular weight excluding hydrogens is 220 g/mol. The van der Waals surface area contributed by atoms with E-state index in [0.717, 1.165) is 0 Å². The van der Waals surface area contributed by atoms with Crippen molar-refractivity contribution in [1.29, 1.82) is 0 Å². The lowest BCUT2D eigenvalue weighted by molar-refractivity contribution is 0.324. The molecular formula is C10H13ClO4. The summed E-state index contributed by atoms with van der Waals surface area (Å²) in [7, 11) is 4.77. The second-order valence-electron chi connectivity index (χ2n) is 2.28. The SMILES string of the molecule is COc1cccc(OC)c1OC.O=CCl. The van der Waals surface area contributed by atoms with E-state index in [-0.39, 0.29) is 5.75 Å². The number of para-hydroxylation sites is 1. The Balaban J connectivity index is 0.000000583. The molecule has 0 spiro atoms. The van der Waals surface area contributed by atoms with E-state index < -0.39 is 0 Å². The molecule has 0 aliphatic carbocycles. The van der Waals surface area contributed by atoms with Gasteiger partial charge < -0.3 is 14.2 Å². The maximum Gasteiger partial charge on any atom is 0.208 e. The number of halogens is 1. The van der Waals surface area contributed by atoms with Gasteiger partial charge in [0.15, 0.2) is 11.5 Å². The second-order valence-corrected chi connectivity index (χ2v) is 2.46. The van der Waals surface area contributed by atoms with Gasteiger partial charge in [0.1, 0.15) is 0 Å². The molecule has 0 aliphatic heterocycles. The molecule has 4 nitrogen and oxygen atoms in total. The second kappa shape index (κ2) is 7.94. The monoisotopic (exact) mass is 232 g/mol. The van der Waals surface area contributed by atoms with Gasteiger partial charge in [0.2, 0.25) is 11.5 Å². The van der Waals surface area contributed by atoms with Crippen LogP contribution in [0.25, 0.3) is 0 Å². The first-order chi connectivity index (χ1) is 7.24. The first-order valence-corrected chi connectivity index (χ1v) is 4.47. The Morgan fingerprint density at radius 1 is 1.07 bits per heavy atom. The maximum atomic E-state index is 8.57. The van der Waals surface area contributed by atoms with E-state index in [1.807, 2.05) is 18.2 Å². The Labute approximate surface area is 93.7 Å². The molecule has 1 rings (SSSR count). The van der Waals surface area contributed by atoms with Gasteiger partial charge >= 0.3 is 0 Å². The van der Waals surface area contributed by atoms with Crippen LogP contribution in [0, 0.1) is 0 Å². The van der Waals surface area contributed by atoms with Crippen LogP contribution in [0.5, 0.6) is 17.2 Å². The minimum atomic E-state index is 0.222. The van der Waals surface area contributed by atoms with Gasteiger partial charge in [-0.2, -0.15) is 0 Å². The normalized spacial score (nSPS) is 8.27. The van der Waals surface area contributed by atoms with Crippen LogP contribution >= 0.6 is 11.6 Å². The molecule has 0 amide bonds. The molecule has 84 valence electrons. The summed E-state index contributed by atoms with van der Waals surface area (Å²) in [4.78, 5) is 8.57. The van der Waals surface area contributed by atoms with E-state index in [9.17, 15) is 0 Å². The van der Waals surface area contributed by atoms with Crippen molar-refractivity contribution in [2.45, 2.75) is 0 Å². The van der Waals surface area contributed by atoms with E-state index >= 15 is 0 Å². The predicted molar refractivity (Wildman–Crippen MR) is 58.7 cm³/mol. The van der Waals surface area contributed by atoms with E-state index in [2.05, 4.69) is 11.6 Å². The van der Waals surface area contributed by atoms with Crippen LogP contribution in [0.4, 0.5) is 0 Å². The summed E-state index contributed by atoms with van der Waals surface area (Å²) in [5, 5.41) is 0. The Bertz CT molecular complexity index is 279. The third-order valence-electron chi connectivity index (χ3n) is 1.59. The van der Waals surface area contributed by atoms with E-state index in [1.165, 1.54) is 0 Å². The summed E-state index contributed by atoms with van der Waals surface area (Å²) in [5.41, 5.74) is 0. The molecule has 0 bridgehead atoms. The van der Waals surface area contributed by atoms with Crippen LogP contribution in [0.1, 0.15) is 0 Å². The van der Waals surface area contributed by atoms with Gasteiger partial charge in [-0.15, -0.1) is 0 Å². The van der Waals surface area contributed by atoms with Crippen molar-refractivity contribution in [3.05, 3.63) is 18.2 Å². The summed E-state index contributed by atoms with van der Waals surface area (Å²) >= 11 is 4.32. The Hall–Kier alpha value is -1.42. The average molecular weight is 233 g/mol. The number of rotatable bonds is 3. The molecule has 0 radical (unpaired) electrons. The maximum absolute atomic E-state index is 8.57. The van der Waals surface area contributed by atoms with Gasteiger partial charge in [-0.25, -0.2) is 0 Å². The summed E-state index contributed by atoms with van der Waals surface area (Å²) in [5.74, 6) is 2.20. The van der Waals surface area contributed by atoms with Crippen molar-refractivity contribution >= 4 is 17.3 Å². The lowest BCUT2D eigenvalue weighted by Gasteiger charge is -2.10. The quantitative estimate of drug-likeness (QED) is 0.592. The van der Waals surface area contributed by atoms with Crippen molar-refractivity contribution in [2.75, 3.05) is 21.3 Å². The average Bonchev–Trinajstić information content (AvgIpc) is 2.28. The molecule has 15 heavy (non-hydrogen) atoms. The van der Waals surface area contributed by atoms with E-state index in [1.54, 1.807) is 21.3 Å². The molecule has 0 aliphatic rings.